The molecule has 0 radical (unpaired) electrons. The topological polar surface area (TPSA) is 57.5 Å². The summed E-state index contributed by atoms with van der Waals surface area (Å²) in [7, 11) is 1.83. The molecule has 6 nitrogen and oxygen atoms in total. The molecule has 0 amide bonds. The number of likely N-dealkylation sites (tertiary alicyclic amines) is 1. The molecule has 2 N–H and O–H groups in total. The van der Waals surface area contributed by atoms with Gasteiger partial charge < -0.3 is 10.6 Å². The van der Waals surface area contributed by atoms with Crippen LogP contribution in [0.15, 0.2) is 78.0 Å². The van der Waals surface area contributed by atoms with Gasteiger partial charge in [0.15, 0.2) is 5.96 Å². The number of nitrogens with zero attached hydrogens (tertiary/aromatic N) is 4. The van der Waals surface area contributed by atoms with Gasteiger partial charge in [0.2, 0.25) is 0 Å². The fourth-order valence-corrected chi connectivity index (χ4v) is 4.23. The summed E-state index contributed by atoms with van der Waals surface area (Å²) in [5, 5.41) is 11.4. The maximum Gasteiger partial charge on any atom is 0.191 e. The molecule has 1 aliphatic heterocycles. The quantitative estimate of drug-likeness (QED) is 0.436. The smallest absolute Gasteiger partial charge is 0.191 e. The molecule has 0 spiro atoms. The molecule has 1 aliphatic rings. The van der Waals surface area contributed by atoms with Crippen molar-refractivity contribution in [1.29, 1.82) is 0 Å². The van der Waals surface area contributed by atoms with Gasteiger partial charge in [-0.2, -0.15) is 5.10 Å². The molecule has 0 bridgehead atoms. The van der Waals surface area contributed by atoms with Crippen molar-refractivity contribution in [3.05, 3.63) is 89.7 Å². The lowest BCUT2D eigenvalue weighted by Gasteiger charge is -2.29. The summed E-state index contributed by atoms with van der Waals surface area (Å²) < 4.78 is 1.95. The van der Waals surface area contributed by atoms with Crippen LogP contribution in [-0.4, -0.2) is 47.3 Å². The first-order valence-electron chi connectivity index (χ1n) is 11.1. The summed E-state index contributed by atoms with van der Waals surface area (Å²) in [6.45, 7) is 4.64. The molecule has 4 rings (SSSR count). The molecule has 1 atom stereocenters. The van der Waals surface area contributed by atoms with Gasteiger partial charge in [-0.3, -0.25) is 14.6 Å². The van der Waals surface area contributed by atoms with Crippen LogP contribution < -0.4 is 10.6 Å². The molecular formula is C25H32N6. The molecule has 31 heavy (non-hydrogen) atoms. The molecule has 1 fully saturated rings. The standard InChI is InChI=1S/C25H32N6/c1-26-25(27-18-22-12-5-6-13-23(22)20-31-17-9-14-29-31)28-19-24(30-15-7-8-16-30)21-10-3-2-4-11-21/h2-6,9-14,17,24H,7-8,15-16,18-20H2,1H3,(H2,26,27,28). The van der Waals surface area contributed by atoms with Gasteiger partial charge in [0.05, 0.1) is 12.6 Å². The first kappa shape index (κ1) is 21.1. The van der Waals surface area contributed by atoms with Crippen molar-refractivity contribution < 1.29 is 0 Å². The van der Waals surface area contributed by atoms with E-state index in [1.165, 1.54) is 29.5 Å². The van der Waals surface area contributed by atoms with Crippen LogP contribution in [0, 0.1) is 0 Å². The zero-order chi connectivity index (χ0) is 21.3. The average molecular weight is 417 g/mol. The molecule has 2 heterocycles. The molecule has 1 unspecified atom stereocenters. The monoisotopic (exact) mass is 416 g/mol. The molecule has 1 saturated heterocycles. The molecular weight excluding hydrogens is 384 g/mol. The summed E-state index contributed by atoms with van der Waals surface area (Å²) in [6.07, 6.45) is 6.37. The minimum atomic E-state index is 0.356. The zero-order valence-electron chi connectivity index (χ0n) is 18.2. The highest BCUT2D eigenvalue weighted by Crippen LogP contribution is 2.24. The minimum Gasteiger partial charge on any atom is -0.354 e. The third-order valence-corrected chi connectivity index (χ3v) is 5.91. The van der Waals surface area contributed by atoms with E-state index in [2.05, 4.69) is 80.2 Å². The maximum absolute atomic E-state index is 4.46. The third-order valence-electron chi connectivity index (χ3n) is 5.91. The van der Waals surface area contributed by atoms with Gasteiger partial charge in [-0.25, -0.2) is 0 Å². The first-order chi connectivity index (χ1) is 15.3. The van der Waals surface area contributed by atoms with E-state index in [0.29, 0.717) is 6.04 Å². The van der Waals surface area contributed by atoms with Crippen molar-refractivity contribution in [3.8, 4) is 0 Å². The Balaban J connectivity index is 1.37. The van der Waals surface area contributed by atoms with E-state index in [4.69, 9.17) is 0 Å². The van der Waals surface area contributed by atoms with Crippen LogP contribution in [0.4, 0.5) is 0 Å². The fourth-order valence-electron chi connectivity index (χ4n) is 4.23. The van der Waals surface area contributed by atoms with E-state index in [1.54, 1.807) is 0 Å². The maximum atomic E-state index is 4.46. The van der Waals surface area contributed by atoms with Crippen molar-refractivity contribution >= 4 is 5.96 Å². The predicted molar refractivity (Wildman–Crippen MR) is 126 cm³/mol. The second kappa shape index (κ2) is 10.8. The number of aliphatic imine (C=N–C) groups is 1. The molecule has 6 heteroatoms. The molecule has 3 aromatic rings. The number of guanidine groups is 1. The van der Waals surface area contributed by atoms with Gasteiger partial charge in [-0.15, -0.1) is 0 Å². The van der Waals surface area contributed by atoms with E-state index >= 15 is 0 Å². The van der Waals surface area contributed by atoms with Crippen molar-refractivity contribution in [2.24, 2.45) is 4.99 Å². The van der Waals surface area contributed by atoms with Gasteiger partial charge in [0, 0.05) is 32.5 Å². The van der Waals surface area contributed by atoms with Crippen LogP contribution in [0.5, 0.6) is 0 Å². The Morgan fingerprint density at radius 3 is 2.42 bits per heavy atom. The van der Waals surface area contributed by atoms with Gasteiger partial charge in [-0.1, -0.05) is 54.6 Å². The van der Waals surface area contributed by atoms with Crippen LogP contribution >= 0.6 is 0 Å². The Bertz CT molecular complexity index is 945. The van der Waals surface area contributed by atoms with Crippen molar-refractivity contribution in [2.75, 3.05) is 26.7 Å². The summed E-state index contributed by atoms with van der Waals surface area (Å²) in [5.41, 5.74) is 3.87. The highest BCUT2D eigenvalue weighted by molar-refractivity contribution is 5.79. The fraction of sp³-hybridized carbons (Fsp3) is 0.360. The highest BCUT2D eigenvalue weighted by atomic mass is 15.3. The number of rotatable bonds is 8. The van der Waals surface area contributed by atoms with Crippen LogP contribution in [0.1, 0.15) is 35.6 Å². The summed E-state index contributed by atoms with van der Waals surface area (Å²) in [5.74, 6) is 0.828. The number of hydrogen-bond acceptors (Lipinski definition) is 3. The lowest BCUT2D eigenvalue weighted by atomic mass is 10.1. The van der Waals surface area contributed by atoms with E-state index in [1.807, 2.05) is 30.2 Å². The molecule has 162 valence electrons. The van der Waals surface area contributed by atoms with Crippen LogP contribution in [0.3, 0.4) is 0 Å². The second-order valence-electron chi connectivity index (χ2n) is 7.95. The van der Waals surface area contributed by atoms with Crippen molar-refractivity contribution in [3.63, 3.8) is 0 Å². The molecule has 1 aromatic heterocycles. The third kappa shape index (κ3) is 5.73. The Morgan fingerprint density at radius 2 is 1.71 bits per heavy atom. The van der Waals surface area contributed by atoms with Gasteiger partial charge >= 0.3 is 0 Å². The Labute approximate surface area is 185 Å². The second-order valence-corrected chi connectivity index (χ2v) is 7.95. The Morgan fingerprint density at radius 1 is 0.968 bits per heavy atom. The molecule has 0 saturated carbocycles. The van der Waals surface area contributed by atoms with E-state index in [9.17, 15) is 0 Å². The Hall–Kier alpha value is -3.12. The SMILES string of the molecule is CN=C(NCc1ccccc1Cn1cccn1)NCC(c1ccccc1)N1CCCC1. The first-order valence-corrected chi connectivity index (χ1v) is 11.1. The van der Waals surface area contributed by atoms with E-state index in [-0.39, 0.29) is 0 Å². The lowest BCUT2D eigenvalue weighted by Crippen LogP contribution is -2.42. The van der Waals surface area contributed by atoms with Gasteiger partial charge in [0.25, 0.3) is 0 Å². The number of nitrogens with one attached hydrogen (secondary N) is 2. The normalized spacial score (nSPS) is 15.7. The number of aromatic nitrogens is 2. The summed E-state index contributed by atoms with van der Waals surface area (Å²) in [4.78, 5) is 7.04. The van der Waals surface area contributed by atoms with E-state index < -0.39 is 0 Å². The Kier molecular flexibility index (Phi) is 7.34. The van der Waals surface area contributed by atoms with Crippen LogP contribution in [0.25, 0.3) is 0 Å². The average Bonchev–Trinajstić information content (AvgIpc) is 3.52. The largest absolute Gasteiger partial charge is 0.354 e. The van der Waals surface area contributed by atoms with Crippen molar-refractivity contribution in [2.45, 2.75) is 32.0 Å². The van der Waals surface area contributed by atoms with Gasteiger partial charge in [0.1, 0.15) is 0 Å². The summed E-state index contributed by atoms with van der Waals surface area (Å²) in [6, 6.07) is 21.6. The molecule has 0 aliphatic carbocycles. The number of benzene rings is 2. The molecule has 2 aromatic carbocycles. The summed E-state index contributed by atoms with van der Waals surface area (Å²) >= 11 is 0. The zero-order valence-corrected chi connectivity index (χ0v) is 18.2. The van der Waals surface area contributed by atoms with E-state index in [0.717, 1.165) is 38.7 Å². The van der Waals surface area contributed by atoms with Crippen LogP contribution in [0.2, 0.25) is 0 Å². The predicted octanol–water partition coefficient (Wildman–Crippen LogP) is 3.43. The van der Waals surface area contributed by atoms with Gasteiger partial charge in [-0.05, 0) is 48.7 Å². The van der Waals surface area contributed by atoms with Crippen molar-refractivity contribution in [1.82, 2.24) is 25.3 Å². The highest BCUT2D eigenvalue weighted by Gasteiger charge is 2.23. The minimum absolute atomic E-state index is 0.356. The van der Waals surface area contributed by atoms with Crippen LogP contribution in [-0.2, 0) is 13.1 Å². The lowest BCUT2D eigenvalue weighted by molar-refractivity contribution is 0.245. The number of hydrogen-bond donors (Lipinski definition) is 2.